The number of ether oxygens (including phenoxy) is 1. The van der Waals surface area contributed by atoms with Crippen LogP contribution < -0.4 is 0 Å². The van der Waals surface area contributed by atoms with E-state index >= 15 is 0 Å². The molecule has 1 N–H and O–H groups in total. The van der Waals surface area contributed by atoms with Crippen molar-refractivity contribution in [1.29, 1.82) is 0 Å². The molecule has 0 aromatic heterocycles. The average Bonchev–Trinajstić information content (AvgIpc) is 2.17. The number of carbonyl (C=O) groups excluding carboxylic acids is 1. The molecule has 0 amide bonds. The van der Waals surface area contributed by atoms with Crippen LogP contribution in [-0.4, -0.2) is 22.8 Å². The van der Waals surface area contributed by atoms with Gasteiger partial charge in [-0.15, -0.1) is 0 Å². The topological polar surface area (TPSA) is 46.5 Å². The average molecular weight is 206 g/mol. The summed E-state index contributed by atoms with van der Waals surface area (Å²) >= 11 is 0. The fraction of sp³-hybridized carbons (Fsp3) is 0.917. The predicted molar refractivity (Wildman–Crippen MR) is 49.6 cm³/mol. The van der Waals surface area contributed by atoms with E-state index < -0.39 is 0 Å². The van der Waals surface area contributed by atoms with Crippen LogP contribution in [0.1, 0.15) is 13.8 Å². The zero-order valence-electron chi connectivity index (χ0n) is 8.81. The predicted octanol–water partition coefficient (Wildman–Crippen LogP) is 0.421. The maximum atomic E-state index is 11.1. The molecule has 0 aromatic carbocycles. The summed E-state index contributed by atoms with van der Waals surface area (Å²) in [4.78, 5) is 11.1. The van der Waals surface area contributed by atoms with E-state index in [9.17, 15) is 9.90 Å². The second kappa shape index (κ2) is 1.56. The third-order valence-corrected chi connectivity index (χ3v) is 6.66. The van der Waals surface area contributed by atoms with Gasteiger partial charge in [0.15, 0.2) is 0 Å². The second-order valence-corrected chi connectivity index (χ2v) is 6.28. The van der Waals surface area contributed by atoms with Crippen LogP contribution in [-0.2, 0) is 9.53 Å². The van der Waals surface area contributed by atoms with Gasteiger partial charge in [0.1, 0.15) is 5.60 Å². The van der Waals surface area contributed by atoms with Crippen LogP contribution in [0.5, 0.6) is 0 Å². The summed E-state index contributed by atoms with van der Waals surface area (Å²) in [5, 5.41) is 9.86. The van der Waals surface area contributed by atoms with Gasteiger partial charge in [0, 0.05) is 30.1 Å². The minimum absolute atomic E-state index is 0.0114. The zero-order valence-corrected chi connectivity index (χ0v) is 8.81. The molecule has 0 spiro atoms. The highest BCUT2D eigenvalue weighted by Gasteiger charge is 3.12. The highest BCUT2D eigenvalue weighted by molar-refractivity contribution is 5.70. The maximum absolute atomic E-state index is 11.1. The Balaban J connectivity index is 1.52. The molecule has 1 atom stereocenters. The van der Waals surface area contributed by atoms with E-state index in [1.165, 1.54) is 6.92 Å². The van der Waals surface area contributed by atoms with Gasteiger partial charge in [-0.1, -0.05) is 0 Å². The molecular weight excluding hydrogens is 192 g/mol. The summed E-state index contributed by atoms with van der Waals surface area (Å²) in [5.74, 6) is 3.91. The molecule has 6 saturated carbocycles. The van der Waals surface area contributed by atoms with Crippen molar-refractivity contribution in [2.45, 2.75) is 25.6 Å². The number of aliphatic hydroxyl groups excluding tert-OH is 1. The molecule has 80 valence electrons. The van der Waals surface area contributed by atoms with Crippen molar-refractivity contribution >= 4 is 5.97 Å². The van der Waals surface area contributed by atoms with Crippen LogP contribution in [0.4, 0.5) is 0 Å². The molecule has 0 bridgehead atoms. The third kappa shape index (κ3) is 0.354. The zero-order chi connectivity index (χ0) is 10.3. The van der Waals surface area contributed by atoms with Gasteiger partial charge in [0.2, 0.25) is 0 Å². The first-order valence-corrected chi connectivity index (χ1v) is 5.97. The highest BCUT2D eigenvalue weighted by atomic mass is 16.6. The summed E-state index contributed by atoms with van der Waals surface area (Å²) in [6.07, 6.45) is -0.142. The molecule has 0 aromatic rings. The maximum Gasteiger partial charge on any atom is 0.303 e. The Morgan fingerprint density at radius 3 is 2.00 bits per heavy atom. The standard InChI is InChI=1S/C12H14O3/c1-3(13)11-5-8-6(11)10-7(11)9(5)12(8,10)15-4(2)14/h3,5-10,13H,1-2H3. The van der Waals surface area contributed by atoms with Gasteiger partial charge in [0.25, 0.3) is 0 Å². The van der Waals surface area contributed by atoms with E-state index in [0.717, 1.165) is 0 Å². The molecule has 0 aliphatic heterocycles. The van der Waals surface area contributed by atoms with Crippen molar-refractivity contribution < 1.29 is 14.6 Å². The molecular formula is C12H14O3. The first kappa shape index (κ1) is 7.66. The number of rotatable bonds is 2. The van der Waals surface area contributed by atoms with Gasteiger partial charge in [-0.25, -0.2) is 0 Å². The molecule has 0 radical (unpaired) electrons. The Morgan fingerprint density at radius 1 is 1.20 bits per heavy atom. The van der Waals surface area contributed by atoms with Crippen molar-refractivity contribution in [3.05, 3.63) is 0 Å². The van der Waals surface area contributed by atoms with Crippen LogP contribution in [0, 0.1) is 40.9 Å². The Bertz CT molecular complexity index is 371. The lowest BCUT2D eigenvalue weighted by molar-refractivity contribution is -0.668. The Kier molecular flexibility index (Phi) is 0.799. The van der Waals surface area contributed by atoms with Gasteiger partial charge in [-0.3, -0.25) is 4.79 Å². The van der Waals surface area contributed by atoms with Crippen LogP contribution in [0.2, 0.25) is 0 Å². The van der Waals surface area contributed by atoms with E-state index in [1.807, 2.05) is 6.92 Å². The smallest absolute Gasteiger partial charge is 0.303 e. The molecule has 1 unspecified atom stereocenters. The van der Waals surface area contributed by atoms with Crippen molar-refractivity contribution in [2.24, 2.45) is 40.9 Å². The minimum atomic E-state index is -0.142. The molecule has 0 heterocycles. The van der Waals surface area contributed by atoms with Crippen molar-refractivity contribution in [1.82, 2.24) is 0 Å². The Morgan fingerprint density at radius 2 is 1.67 bits per heavy atom. The van der Waals surface area contributed by atoms with Crippen LogP contribution in [0.25, 0.3) is 0 Å². The monoisotopic (exact) mass is 206 g/mol. The SMILES string of the molecule is CC(=O)OC12C3C4C1C1C2C3C41C(C)O. The lowest BCUT2D eigenvalue weighted by atomic mass is 8.94. The normalized spacial score (nSPS) is 74.9. The molecule has 0 saturated heterocycles. The first-order valence-electron chi connectivity index (χ1n) is 5.97. The van der Waals surface area contributed by atoms with Gasteiger partial charge in [-0.2, -0.15) is 0 Å². The van der Waals surface area contributed by atoms with E-state index in [0.29, 0.717) is 40.9 Å². The molecule has 6 aliphatic rings. The van der Waals surface area contributed by atoms with Crippen molar-refractivity contribution in [3.8, 4) is 0 Å². The van der Waals surface area contributed by atoms with Crippen LogP contribution in [0.3, 0.4) is 0 Å². The van der Waals surface area contributed by atoms with Gasteiger partial charge in [0.05, 0.1) is 6.10 Å². The first-order chi connectivity index (χ1) is 7.09. The number of esters is 1. The van der Waals surface area contributed by atoms with Crippen molar-refractivity contribution in [3.63, 3.8) is 0 Å². The summed E-state index contributed by atoms with van der Waals surface area (Å²) in [6, 6.07) is 0. The number of carbonyl (C=O) groups is 1. The Labute approximate surface area is 87.8 Å². The largest absolute Gasteiger partial charge is 0.458 e. The fourth-order valence-electron chi connectivity index (χ4n) is 6.80. The fourth-order valence-corrected chi connectivity index (χ4v) is 6.80. The third-order valence-electron chi connectivity index (χ3n) is 6.66. The summed E-state index contributed by atoms with van der Waals surface area (Å²) in [5.41, 5.74) is 0.282. The van der Waals surface area contributed by atoms with E-state index in [2.05, 4.69) is 0 Å². The summed E-state index contributed by atoms with van der Waals surface area (Å²) < 4.78 is 5.56. The van der Waals surface area contributed by atoms with E-state index in [4.69, 9.17) is 4.74 Å². The lowest BCUT2D eigenvalue weighted by Crippen LogP contribution is -3.14. The lowest BCUT2D eigenvalue weighted by Gasteiger charge is -3.10. The second-order valence-electron chi connectivity index (χ2n) is 6.28. The summed E-state index contributed by atoms with van der Waals surface area (Å²) in [7, 11) is 0. The number of hydrogen-bond donors (Lipinski definition) is 1. The van der Waals surface area contributed by atoms with E-state index in [1.54, 1.807) is 0 Å². The molecule has 3 nitrogen and oxygen atoms in total. The number of hydrogen-bond acceptors (Lipinski definition) is 3. The van der Waals surface area contributed by atoms with Crippen LogP contribution >= 0.6 is 0 Å². The molecule has 3 heteroatoms. The van der Waals surface area contributed by atoms with Gasteiger partial charge < -0.3 is 9.84 Å². The Hall–Kier alpha value is -0.570. The van der Waals surface area contributed by atoms with E-state index in [-0.39, 0.29) is 17.7 Å². The van der Waals surface area contributed by atoms with Gasteiger partial charge in [-0.05, 0) is 24.7 Å². The quantitative estimate of drug-likeness (QED) is 0.666. The highest BCUT2D eigenvalue weighted by Crippen LogP contribution is 3.08. The van der Waals surface area contributed by atoms with Crippen LogP contribution in [0.15, 0.2) is 0 Å². The minimum Gasteiger partial charge on any atom is -0.458 e. The van der Waals surface area contributed by atoms with Crippen molar-refractivity contribution in [2.75, 3.05) is 0 Å². The molecule has 6 rings (SSSR count). The molecule has 15 heavy (non-hydrogen) atoms. The molecule has 6 aliphatic carbocycles. The summed E-state index contributed by atoms with van der Waals surface area (Å²) in [6.45, 7) is 3.46. The number of aliphatic hydroxyl groups is 1. The molecule has 6 fully saturated rings. The van der Waals surface area contributed by atoms with Gasteiger partial charge >= 0.3 is 5.97 Å².